The fraction of sp³-hybridized carbons (Fsp3) is 0.435. The van der Waals surface area contributed by atoms with Gasteiger partial charge in [-0.25, -0.2) is 4.98 Å². The van der Waals surface area contributed by atoms with Crippen molar-refractivity contribution in [2.24, 2.45) is 11.8 Å². The lowest BCUT2D eigenvalue weighted by molar-refractivity contribution is -0.138. The summed E-state index contributed by atoms with van der Waals surface area (Å²) in [5.74, 6) is -0.191. The van der Waals surface area contributed by atoms with E-state index in [1.807, 2.05) is 11.2 Å². The van der Waals surface area contributed by atoms with E-state index in [2.05, 4.69) is 15.6 Å². The molecule has 11 heteroatoms. The first-order valence-electron chi connectivity index (χ1n) is 10.8. The highest BCUT2D eigenvalue weighted by atomic mass is 32.2. The lowest BCUT2D eigenvalue weighted by atomic mass is 10.0. The summed E-state index contributed by atoms with van der Waals surface area (Å²) in [6.07, 6.45) is -2.69. The fourth-order valence-electron chi connectivity index (χ4n) is 4.55. The number of nitriles is 1. The Morgan fingerprint density at radius 1 is 1.32 bits per heavy atom. The Morgan fingerprint density at radius 3 is 2.62 bits per heavy atom. The number of pyridine rings is 1. The summed E-state index contributed by atoms with van der Waals surface area (Å²) in [5.41, 5.74) is -0.397. The van der Waals surface area contributed by atoms with Crippen LogP contribution in [0, 0.1) is 23.2 Å². The smallest absolute Gasteiger partial charge is 0.417 e. The minimum atomic E-state index is -4.72. The van der Waals surface area contributed by atoms with E-state index in [4.69, 9.17) is 5.11 Å². The normalized spacial score (nSPS) is 19.7. The van der Waals surface area contributed by atoms with E-state index < -0.39 is 23.3 Å². The molecule has 7 nitrogen and oxygen atoms in total. The number of nitrogens with zero attached hydrogens (tertiary/aromatic N) is 3. The summed E-state index contributed by atoms with van der Waals surface area (Å²) >= 11 is 1.38. The molecule has 0 amide bonds. The highest BCUT2D eigenvalue weighted by Gasteiger charge is 2.40. The molecule has 4 rings (SSSR count). The number of carboxylic acid groups (broad SMARTS) is 1. The van der Waals surface area contributed by atoms with E-state index in [0.717, 1.165) is 24.1 Å². The van der Waals surface area contributed by atoms with Crippen LogP contribution in [0.2, 0.25) is 0 Å². The number of benzene rings is 1. The van der Waals surface area contributed by atoms with Gasteiger partial charge in [-0.05, 0) is 48.3 Å². The highest BCUT2D eigenvalue weighted by Crippen LogP contribution is 2.40. The SMILES string of the molecule is CSc1ccc(CCC(=O)O)cc1Nc1nc(N2CC3CNCC3C2)cc(C(F)(F)F)c1C#N. The Kier molecular flexibility index (Phi) is 6.91. The van der Waals surface area contributed by atoms with Crippen molar-refractivity contribution in [3.05, 3.63) is 41.0 Å². The molecule has 2 aliphatic rings. The standard InChI is InChI=1S/C23H24F3N5O2S/c1-34-19-4-2-13(3-5-21(32)33)6-18(19)29-22-16(8-27)17(23(24,25)26)7-20(30-22)31-11-14-9-28-10-15(14)12-31/h2,4,6-7,14-15,28H,3,5,9-12H2,1H3,(H,29,30)(H,32,33). The van der Waals surface area contributed by atoms with Gasteiger partial charge in [-0.1, -0.05) is 6.07 Å². The van der Waals surface area contributed by atoms with E-state index in [1.54, 1.807) is 24.3 Å². The van der Waals surface area contributed by atoms with Gasteiger partial charge in [0.05, 0.1) is 11.3 Å². The molecule has 0 aliphatic carbocycles. The Bertz CT molecular complexity index is 1120. The van der Waals surface area contributed by atoms with E-state index in [1.165, 1.54) is 11.8 Å². The first kappa shape index (κ1) is 24.2. The number of rotatable bonds is 7. The Hall–Kier alpha value is -2.97. The van der Waals surface area contributed by atoms with Crippen molar-refractivity contribution < 1.29 is 23.1 Å². The molecule has 34 heavy (non-hydrogen) atoms. The van der Waals surface area contributed by atoms with Crippen LogP contribution >= 0.6 is 11.8 Å². The summed E-state index contributed by atoms with van der Waals surface area (Å²) in [6, 6.07) is 7.91. The third-order valence-electron chi connectivity index (χ3n) is 6.28. The number of hydrogen-bond donors (Lipinski definition) is 3. The van der Waals surface area contributed by atoms with Gasteiger partial charge in [0.25, 0.3) is 0 Å². The van der Waals surface area contributed by atoms with Gasteiger partial charge in [-0.15, -0.1) is 11.8 Å². The number of fused-ring (bicyclic) bond motifs is 1. The average molecular weight is 492 g/mol. The van der Waals surface area contributed by atoms with Crippen LogP contribution in [0.3, 0.4) is 0 Å². The van der Waals surface area contributed by atoms with Gasteiger partial charge in [0.1, 0.15) is 17.5 Å². The van der Waals surface area contributed by atoms with Crippen molar-refractivity contribution in [2.75, 3.05) is 42.7 Å². The number of carbonyl (C=O) groups is 1. The predicted octanol–water partition coefficient (Wildman–Crippen LogP) is 4.11. The Morgan fingerprint density at radius 2 is 2.03 bits per heavy atom. The van der Waals surface area contributed by atoms with Crippen molar-refractivity contribution in [1.29, 1.82) is 5.26 Å². The van der Waals surface area contributed by atoms with Crippen LogP contribution in [-0.4, -0.2) is 48.5 Å². The maximum atomic E-state index is 13.9. The zero-order valence-electron chi connectivity index (χ0n) is 18.4. The topological polar surface area (TPSA) is 101 Å². The molecular formula is C23H24F3N5O2S. The molecule has 2 aromatic rings. The summed E-state index contributed by atoms with van der Waals surface area (Å²) in [7, 11) is 0. The van der Waals surface area contributed by atoms with Crippen LogP contribution in [-0.2, 0) is 17.4 Å². The van der Waals surface area contributed by atoms with E-state index in [0.29, 0.717) is 36.2 Å². The monoisotopic (exact) mass is 491 g/mol. The first-order valence-corrected chi connectivity index (χ1v) is 12.1. The van der Waals surface area contributed by atoms with Crippen molar-refractivity contribution in [2.45, 2.75) is 23.9 Å². The molecule has 3 N–H and O–H groups in total. The van der Waals surface area contributed by atoms with Gasteiger partial charge in [0, 0.05) is 37.5 Å². The van der Waals surface area contributed by atoms with Crippen LogP contribution < -0.4 is 15.5 Å². The predicted molar refractivity (Wildman–Crippen MR) is 123 cm³/mol. The molecule has 2 atom stereocenters. The summed E-state index contributed by atoms with van der Waals surface area (Å²) in [5, 5.41) is 24.9. The van der Waals surface area contributed by atoms with Crippen LogP contribution in [0.25, 0.3) is 0 Å². The lowest BCUT2D eigenvalue weighted by Crippen LogP contribution is -2.27. The molecule has 180 valence electrons. The molecule has 0 spiro atoms. The maximum Gasteiger partial charge on any atom is 0.417 e. The molecule has 0 radical (unpaired) electrons. The molecule has 2 fully saturated rings. The molecule has 1 aromatic carbocycles. The van der Waals surface area contributed by atoms with E-state index in [-0.39, 0.29) is 24.5 Å². The van der Waals surface area contributed by atoms with Crippen molar-refractivity contribution >= 4 is 35.1 Å². The van der Waals surface area contributed by atoms with Gasteiger partial charge in [-0.3, -0.25) is 4.79 Å². The quantitative estimate of drug-likeness (QED) is 0.498. The number of nitrogens with one attached hydrogen (secondary N) is 2. The number of halogens is 3. The largest absolute Gasteiger partial charge is 0.481 e. The summed E-state index contributed by atoms with van der Waals surface area (Å²) in [6.45, 7) is 2.87. The molecule has 0 bridgehead atoms. The zero-order chi connectivity index (χ0) is 24.5. The third kappa shape index (κ3) is 5.08. The van der Waals surface area contributed by atoms with Crippen LogP contribution in [0.4, 0.5) is 30.5 Å². The zero-order valence-corrected chi connectivity index (χ0v) is 19.3. The second kappa shape index (κ2) is 9.72. The number of alkyl halides is 3. The minimum Gasteiger partial charge on any atom is -0.481 e. The molecule has 3 heterocycles. The Balaban J connectivity index is 1.74. The second-order valence-corrected chi connectivity index (χ2v) is 9.35. The fourth-order valence-corrected chi connectivity index (χ4v) is 5.08. The highest BCUT2D eigenvalue weighted by molar-refractivity contribution is 7.98. The van der Waals surface area contributed by atoms with Crippen molar-refractivity contribution in [1.82, 2.24) is 10.3 Å². The maximum absolute atomic E-state index is 13.9. The van der Waals surface area contributed by atoms with Gasteiger partial charge < -0.3 is 20.6 Å². The van der Waals surface area contributed by atoms with Crippen LogP contribution in [0.1, 0.15) is 23.1 Å². The number of hydrogen-bond acceptors (Lipinski definition) is 7. The third-order valence-corrected chi connectivity index (χ3v) is 7.08. The molecule has 2 aliphatic heterocycles. The van der Waals surface area contributed by atoms with E-state index in [9.17, 15) is 23.2 Å². The molecular weight excluding hydrogens is 467 g/mol. The number of aryl methyl sites for hydroxylation is 1. The molecule has 2 unspecified atom stereocenters. The first-order chi connectivity index (χ1) is 16.2. The molecule has 0 saturated carbocycles. The second-order valence-electron chi connectivity index (χ2n) is 8.50. The van der Waals surface area contributed by atoms with Gasteiger partial charge in [0.2, 0.25) is 0 Å². The summed E-state index contributed by atoms with van der Waals surface area (Å²) < 4.78 is 41.8. The minimum absolute atomic E-state index is 0.0698. The lowest BCUT2D eigenvalue weighted by Gasteiger charge is -2.23. The number of aliphatic carboxylic acids is 1. The van der Waals surface area contributed by atoms with Crippen LogP contribution in [0.15, 0.2) is 29.2 Å². The number of anilines is 3. The number of thioether (sulfide) groups is 1. The number of aromatic nitrogens is 1. The van der Waals surface area contributed by atoms with Gasteiger partial charge in [0.15, 0.2) is 5.82 Å². The molecule has 1 aromatic heterocycles. The molecule has 2 saturated heterocycles. The van der Waals surface area contributed by atoms with E-state index >= 15 is 0 Å². The van der Waals surface area contributed by atoms with Crippen molar-refractivity contribution in [3.8, 4) is 6.07 Å². The van der Waals surface area contributed by atoms with Crippen molar-refractivity contribution in [3.63, 3.8) is 0 Å². The number of carboxylic acids is 1. The summed E-state index contributed by atoms with van der Waals surface area (Å²) in [4.78, 5) is 18.0. The van der Waals surface area contributed by atoms with Crippen LogP contribution in [0.5, 0.6) is 0 Å². The van der Waals surface area contributed by atoms with Gasteiger partial charge in [-0.2, -0.15) is 18.4 Å². The van der Waals surface area contributed by atoms with Gasteiger partial charge >= 0.3 is 12.1 Å². The Labute approximate surface area is 199 Å². The average Bonchev–Trinajstić information content (AvgIpc) is 3.39.